The topological polar surface area (TPSA) is 64.1 Å². The van der Waals surface area contributed by atoms with E-state index in [1.165, 1.54) is 18.1 Å². The highest BCUT2D eigenvalue weighted by Crippen LogP contribution is 2.27. The van der Waals surface area contributed by atoms with Gasteiger partial charge in [0, 0.05) is 5.69 Å². The Balaban J connectivity index is 1.76. The highest BCUT2D eigenvalue weighted by molar-refractivity contribution is 7.99. The minimum Gasteiger partial charge on any atom is -0.438 e. The number of benzene rings is 2. The van der Waals surface area contributed by atoms with Gasteiger partial charge >= 0.3 is 0 Å². The van der Waals surface area contributed by atoms with Crippen LogP contribution in [0.2, 0.25) is 0 Å². The fraction of sp³-hybridized carbons (Fsp3) is 0.118. The summed E-state index contributed by atoms with van der Waals surface area (Å²) in [7, 11) is 0. The number of ether oxygens (including phenoxy) is 1. The number of aromatic nitrogens is 2. The van der Waals surface area contributed by atoms with E-state index in [9.17, 15) is 4.79 Å². The lowest BCUT2D eigenvalue weighted by Gasteiger charge is -2.08. The standard InChI is InChI=1S/C17H15N3O2S/c1-23-10-16(21)20-12-6-8-13(9-7-12)22-17-14-4-2-3-5-15(14)18-11-19-17/h2-9,11H,10H2,1H3,(H,20,21). The maximum atomic E-state index is 11.6. The zero-order valence-electron chi connectivity index (χ0n) is 12.5. The molecule has 0 saturated carbocycles. The van der Waals surface area contributed by atoms with Gasteiger partial charge in [-0.2, -0.15) is 11.8 Å². The van der Waals surface area contributed by atoms with Crippen LogP contribution in [-0.4, -0.2) is 27.9 Å². The van der Waals surface area contributed by atoms with E-state index in [0.717, 1.165) is 16.6 Å². The number of hydrogen-bond acceptors (Lipinski definition) is 5. The van der Waals surface area contributed by atoms with E-state index in [2.05, 4.69) is 15.3 Å². The first-order chi connectivity index (χ1) is 11.3. The van der Waals surface area contributed by atoms with Crippen LogP contribution in [0.1, 0.15) is 0 Å². The molecule has 1 heterocycles. The van der Waals surface area contributed by atoms with Gasteiger partial charge in [-0.25, -0.2) is 9.97 Å². The number of carbonyl (C=O) groups is 1. The molecule has 0 atom stereocenters. The van der Waals surface area contributed by atoms with E-state index in [0.29, 0.717) is 17.4 Å². The molecule has 5 nitrogen and oxygen atoms in total. The molecule has 23 heavy (non-hydrogen) atoms. The number of amides is 1. The normalized spacial score (nSPS) is 10.5. The lowest BCUT2D eigenvalue weighted by Crippen LogP contribution is -2.13. The van der Waals surface area contributed by atoms with Crippen molar-refractivity contribution >= 4 is 34.3 Å². The number of thioether (sulfide) groups is 1. The van der Waals surface area contributed by atoms with Crippen LogP contribution < -0.4 is 10.1 Å². The number of rotatable bonds is 5. The van der Waals surface area contributed by atoms with Crippen molar-refractivity contribution < 1.29 is 9.53 Å². The minimum absolute atomic E-state index is 0.0204. The molecule has 1 aromatic heterocycles. The molecule has 0 radical (unpaired) electrons. The Morgan fingerprint density at radius 2 is 1.91 bits per heavy atom. The van der Waals surface area contributed by atoms with Gasteiger partial charge < -0.3 is 10.1 Å². The third kappa shape index (κ3) is 3.78. The van der Waals surface area contributed by atoms with Crippen LogP contribution in [-0.2, 0) is 4.79 Å². The molecule has 1 amide bonds. The summed E-state index contributed by atoms with van der Waals surface area (Å²) in [5.74, 6) is 1.57. The van der Waals surface area contributed by atoms with E-state index in [1.54, 1.807) is 24.3 Å². The molecule has 116 valence electrons. The Morgan fingerprint density at radius 1 is 1.13 bits per heavy atom. The second kappa shape index (κ2) is 7.11. The number of nitrogens with zero attached hydrogens (tertiary/aromatic N) is 2. The molecular weight excluding hydrogens is 310 g/mol. The molecule has 0 saturated heterocycles. The van der Waals surface area contributed by atoms with Crippen LogP contribution in [0, 0.1) is 0 Å². The first-order valence-electron chi connectivity index (χ1n) is 7.03. The first kappa shape index (κ1) is 15.3. The maximum absolute atomic E-state index is 11.6. The lowest BCUT2D eigenvalue weighted by molar-refractivity contribution is -0.113. The summed E-state index contributed by atoms with van der Waals surface area (Å²) in [5, 5.41) is 3.68. The van der Waals surface area contributed by atoms with Crippen molar-refractivity contribution in [2.75, 3.05) is 17.3 Å². The number of nitrogens with one attached hydrogen (secondary N) is 1. The van der Waals surface area contributed by atoms with Crippen molar-refractivity contribution in [1.29, 1.82) is 0 Å². The Hall–Kier alpha value is -2.60. The van der Waals surface area contributed by atoms with Crippen molar-refractivity contribution in [3.8, 4) is 11.6 Å². The van der Waals surface area contributed by atoms with E-state index in [-0.39, 0.29) is 5.91 Å². The number of fused-ring (bicyclic) bond motifs is 1. The Kier molecular flexibility index (Phi) is 4.73. The second-order valence-corrected chi connectivity index (χ2v) is 5.67. The Labute approximate surface area is 138 Å². The monoisotopic (exact) mass is 325 g/mol. The second-order valence-electron chi connectivity index (χ2n) is 4.80. The number of carbonyl (C=O) groups excluding carboxylic acids is 1. The van der Waals surface area contributed by atoms with Crippen molar-refractivity contribution in [3.63, 3.8) is 0 Å². The lowest BCUT2D eigenvalue weighted by atomic mass is 10.2. The van der Waals surface area contributed by atoms with Crippen LogP contribution in [0.5, 0.6) is 11.6 Å². The van der Waals surface area contributed by atoms with Gasteiger partial charge in [0.1, 0.15) is 12.1 Å². The van der Waals surface area contributed by atoms with Crippen LogP contribution in [0.15, 0.2) is 54.9 Å². The van der Waals surface area contributed by atoms with E-state index < -0.39 is 0 Å². The fourth-order valence-electron chi connectivity index (χ4n) is 2.11. The van der Waals surface area contributed by atoms with Gasteiger partial charge in [-0.05, 0) is 42.7 Å². The average Bonchev–Trinajstić information content (AvgIpc) is 2.57. The summed E-state index contributed by atoms with van der Waals surface area (Å²) < 4.78 is 5.83. The summed E-state index contributed by atoms with van der Waals surface area (Å²) in [6.45, 7) is 0. The third-order valence-corrected chi connectivity index (χ3v) is 3.69. The van der Waals surface area contributed by atoms with Crippen molar-refractivity contribution in [2.45, 2.75) is 0 Å². The zero-order valence-corrected chi connectivity index (χ0v) is 13.3. The number of anilines is 1. The van der Waals surface area contributed by atoms with Gasteiger partial charge in [-0.15, -0.1) is 0 Å². The van der Waals surface area contributed by atoms with Crippen LogP contribution >= 0.6 is 11.8 Å². The quantitative estimate of drug-likeness (QED) is 0.774. The van der Waals surface area contributed by atoms with E-state index in [4.69, 9.17) is 4.74 Å². The molecule has 1 N–H and O–H groups in total. The molecule has 0 spiro atoms. The Bertz CT molecular complexity index is 816. The number of hydrogen-bond donors (Lipinski definition) is 1. The fourth-order valence-corrected chi connectivity index (χ4v) is 2.44. The van der Waals surface area contributed by atoms with E-state index in [1.807, 2.05) is 30.5 Å². The summed E-state index contributed by atoms with van der Waals surface area (Å²) in [6.07, 6.45) is 3.37. The summed E-state index contributed by atoms with van der Waals surface area (Å²) >= 11 is 1.48. The molecule has 0 fully saturated rings. The molecule has 0 aliphatic rings. The van der Waals surface area contributed by atoms with Crippen LogP contribution in [0.4, 0.5) is 5.69 Å². The minimum atomic E-state index is -0.0204. The van der Waals surface area contributed by atoms with Crippen molar-refractivity contribution in [1.82, 2.24) is 9.97 Å². The molecule has 2 aromatic carbocycles. The largest absolute Gasteiger partial charge is 0.438 e. The summed E-state index contributed by atoms with van der Waals surface area (Å²) in [5.41, 5.74) is 1.57. The first-order valence-corrected chi connectivity index (χ1v) is 8.42. The van der Waals surface area contributed by atoms with Gasteiger partial charge in [-0.1, -0.05) is 12.1 Å². The van der Waals surface area contributed by atoms with Gasteiger partial charge in [0.05, 0.1) is 16.7 Å². The van der Waals surface area contributed by atoms with Crippen molar-refractivity contribution in [3.05, 3.63) is 54.9 Å². The molecule has 3 aromatic rings. The molecule has 0 aliphatic carbocycles. The van der Waals surface area contributed by atoms with Gasteiger partial charge in [0.25, 0.3) is 0 Å². The van der Waals surface area contributed by atoms with Crippen LogP contribution in [0.25, 0.3) is 10.9 Å². The molecule has 0 unspecified atom stereocenters. The third-order valence-electron chi connectivity index (χ3n) is 3.13. The molecule has 6 heteroatoms. The van der Waals surface area contributed by atoms with Gasteiger partial charge in [0.15, 0.2) is 0 Å². The highest BCUT2D eigenvalue weighted by atomic mass is 32.2. The highest BCUT2D eigenvalue weighted by Gasteiger charge is 2.06. The molecule has 3 rings (SSSR count). The SMILES string of the molecule is CSCC(=O)Nc1ccc(Oc2ncnc3ccccc23)cc1. The number of para-hydroxylation sites is 1. The van der Waals surface area contributed by atoms with Crippen molar-refractivity contribution in [2.24, 2.45) is 0 Å². The summed E-state index contributed by atoms with van der Waals surface area (Å²) in [4.78, 5) is 20.0. The summed E-state index contributed by atoms with van der Waals surface area (Å²) in [6, 6.07) is 14.9. The average molecular weight is 325 g/mol. The maximum Gasteiger partial charge on any atom is 0.234 e. The zero-order chi connectivity index (χ0) is 16.1. The van der Waals surface area contributed by atoms with Gasteiger partial charge in [-0.3, -0.25) is 4.79 Å². The predicted octanol–water partition coefficient (Wildman–Crippen LogP) is 3.72. The van der Waals surface area contributed by atoms with Crippen LogP contribution in [0.3, 0.4) is 0 Å². The predicted molar refractivity (Wildman–Crippen MR) is 93.1 cm³/mol. The van der Waals surface area contributed by atoms with Gasteiger partial charge in [0.2, 0.25) is 11.8 Å². The molecular formula is C17H15N3O2S. The smallest absolute Gasteiger partial charge is 0.234 e. The van der Waals surface area contributed by atoms with E-state index >= 15 is 0 Å². The molecule has 0 aliphatic heterocycles. The molecule has 0 bridgehead atoms. The Morgan fingerprint density at radius 3 is 2.70 bits per heavy atom.